The summed E-state index contributed by atoms with van der Waals surface area (Å²) in [4.78, 5) is 12.6. The van der Waals surface area contributed by atoms with Gasteiger partial charge in [0.1, 0.15) is 5.75 Å². The van der Waals surface area contributed by atoms with Gasteiger partial charge in [-0.25, -0.2) is 8.42 Å². The Morgan fingerprint density at radius 2 is 1.84 bits per heavy atom. The van der Waals surface area contributed by atoms with Gasteiger partial charge in [-0.05, 0) is 36.4 Å². The number of morpholine rings is 1. The van der Waals surface area contributed by atoms with Gasteiger partial charge < -0.3 is 14.8 Å². The van der Waals surface area contributed by atoms with E-state index in [1.165, 1.54) is 29.6 Å². The van der Waals surface area contributed by atoms with Crippen LogP contribution in [0.1, 0.15) is 15.9 Å². The Bertz CT molecular complexity index is 1090. The van der Waals surface area contributed by atoms with Crippen molar-refractivity contribution >= 4 is 33.2 Å². The highest BCUT2D eigenvalue weighted by atomic mass is 35.5. The van der Waals surface area contributed by atoms with Crippen LogP contribution in [0.4, 0.5) is 18.9 Å². The van der Waals surface area contributed by atoms with Gasteiger partial charge in [-0.15, -0.1) is 0 Å². The zero-order valence-electron chi connectivity index (χ0n) is 16.2. The number of benzene rings is 2. The quantitative estimate of drug-likeness (QED) is 0.709. The van der Waals surface area contributed by atoms with E-state index in [0.29, 0.717) is 6.07 Å². The SMILES string of the molecule is COc1ccc(S(=O)(=O)N2CCOCC2)cc1C(=O)Nc1ccc(Cl)cc1C(F)(F)F. The number of carbonyl (C=O) groups excluding carboxylic acids is 1. The Morgan fingerprint density at radius 3 is 2.45 bits per heavy atom. The number of hydrogen-bond donors (Lipinski definition) is 1. The predicted molar refractivity (Wildman–Crippen MR) is 107 cm³/mol. The lowest BCUT2D eigenvalue weighted by atomic mass is 10.1. The van der Waals surface area contributed by atoms with Crippen LogP contribution < -0.4 is 10.1 Å². The standard InChI is InChI=1S/C19H18ClF3N2O5S/c1-29-17-5-3-13(31(27,28)25-6-8-30-9-7-25)11-14(17)18(26)24-16-4-2-12(20)10-15(16)19(21,22)23/h2-5,10-11H,6-9H2,1H3,(H,24,26). The predicted octanol–water partition coefficient (Wildman–Crippen LogP) is 3.64. The summed E-state index contributed by atoms with van der Waals surface area (Å²) < 4.78 is 77.2. The Morgan fingerprint density at radius 1 is 1.16 bits per heavy atom. The zero-order chi connectivity index (χ0) is 22.8. The fourth-order valence-electron chi connectivity index (χ4n) is 3.01. The first kappa shape index (κ1) is 23.3. The molecule has 0 aromatic heterocycles. The maximum absolute atomic E-state index is 13.3. The molecule has 3 rings (SSSR count). The second-order valence-corrected chi connectivity index (χ2v) is 8.89. The van der Waals surface area contributed by atoms with E-state index in [4.69, 9.17) is 21.1 Å². The first-order valence-electron chi connectivity index (χ1n) is 8.98. The zero-order valence-corrected chi connectivity index (χ0v) is 17.8. The lowest BCUT2D eigenvalue weighted by molar-refractivity contribution is -0.136. The van der Waals surface area contributed by atoms with E-state index in [2.05, 4.69) is 5.32 Å². The van der Waals surface area contributed by atoms with Gasteiger partial charge in [0.2, 0.25) is 10.0 Å². The molecule has 1 N–H and O–H groups in total. The molecule has 0 spiro atoms. The number of ether oxygens (including phenoxy) is 2. The Labute approximate surface area is 181 Å². The fraction of sp³-hybridized carbons (Fsp3) is 0.316. The molecule has 0 radical (unpaired) electrons. The first-order chi connectivity index (χ1) is 14.5. The van der Waals surface area contributed by atoms with Gasteiger partial charge in [-0.3, -0.25) is 4.79 Å². The van der Waals surface area contributed by atoms with Crippen molar-refractivity contribution in [3.05, 3.63) is 52.5 Å². The second-order valence-electron chi connectivity index (χ2n) is 6.52. The molecule has 1 aliphatic rings. The van der Waals surface area contributed by atoms with Crippen LogP contribution in [0.25, 0.3) is 0 Å². The molecule has 2 aromatic carbocycles. The van der Waals surface area contributed by atoms with Crippen LogP contribution in [0.5, 0.6) is 5.75 Å². The number of carbonyl (C=O) groups is 1. The molecule has 0 bridgehead atoms. The molecule has 7 nitrogen and oxygen atoms in total. The Kier molecular flexibility index (Phi) is 6.79. The van der Waals surface area contributed by atoms with Gasteiger partial charge in [-0.2, -0.15) is 17.5 Å². The summed E-state index contributed by atoms with van der Waals surface area (Å²) >= 11 is 5.66. The van der Waals surface area contributed by atoms with Gasteiger partial charge in [0.25, 0.3) is 5.91 Å². The van der Waals surface area contributed by atoms with Gasteiger partial charge in [-0.1, -0.05) is 11.6 Å². The van der Waals surface area contributed by atoms with E-state index in [-0.39, 0.29) is 47.5 Å². The van der Waals surface area contributed by atoms with Crippen LogP contribution in [0.15, 0.2) is 41.3 Å². The summed E-state index contributed by atoms with van der Waals surface area (Å²) in [6.45, 7) is 0.768. The Balaban J connectivity index is 1.97. The molecule has 31 heavy (non-hydrogen) atoms. The highest BCUT2D eigenvalue weighted by Gasteiger charge is 2.35. The number of alkyl halides is 3. The minimum absolute atomic E-state index is 0.000879. The lowest BCUT2D eigenvalue weighted by Crippen LogP contribution is -2.40. The van der Waals surface area contributed by atoms with Crippen molar-refractivity contribution in [3.63, 3.8) is 0 Å². The average molecular weight is 479 g/mol. The average Bonchev–Trinajstić information content (AvgIpc) is 2.74. The van der Waals surface area contributed by atoms with Gasteiger partial charge in [0, 0.05) is 18.1 Å². The number of anilines is 1. The van der Waals surface area contributed by atoms with Crippen molar-refractivity contribution in [2.24, 2.45) is 0 Å². The maximum Gasteiger partial charge on any atom is 0.418 e. The van der Waals surface area contributed by atoms with Crippen LogP contribution in [-0.2, 0) is 20.9 Å². The molecule has 1 saturated heterocycles. The molecule has 0 aliphatic carbocycles. The smallest absolute Gasteiger partial charge is 0.418 e. The van der Waals surface area contributed by atoms with Crippen molar-refractivity contribution < 1.29 is 35.9 Å². The van der Waals surface area contributed by atoms with E-state index in [1.807, 2.05) is 0 Å². The summed E-state index contributed by atoms with van der Waals surface area (Å²) in [5.41, 5.74) is -1.89. The maximum atomic E-state index is 13.3. The van der Waals surface area contributed by atoms with E-state index in [1.54, 1.807) is 0 Å². The molecule has 1 amide bonds. The summed E-state index contributed by atoms with van der Waals surface area (Å²) in [7, 11) is -2.68. The largest absolute Gasteiger partial charge is 0.496 e. The topological polar surface area (TPSA) is 84.9 Å². The number of halogens is 4. The molecule has 0 atom stereocenters. The normalized spacial score (nSPS) is 15.5. The van der Waals surface area contributed by atoms with Crippen LogP contribution in [0, 0.1) is 0 Å². The van der Waals surface area contributed by atoms with Crippen LogP contribution in [-0.4, -0.2) is 52.0 Å². The number of rotatable bonds is 5. The van der Waals surface area contributed by atoms with Gasteiger partial charge in [0.05, 0.1) is 42.0 Å². The molecule has 1 heterocycles. The van der Waals surface area contributed by atoms with Crippen molar-refractivity contribution in [3.8, 4) is 5.75 Å². The third-order valence-electron chi connectivity index (χ3n) is 4.56. The molecule has 12 heteroatoms. The second kappa shape index (κ2) is 9.03. The highest BCUT2D eigenvalue weighted by Crippen LogP contribution is 2.37. The molecule has 2 aromatic rings. The number of nitrogens with one attached hydrogen (secondary N) is 1. The van der Waals surface area contributed by atoms with Crippen molar-refractivity contribution in [2.75, 3.05) is 38.7 Å². The Hall–Kier alpha value is -2.34. The van der Waals surface area contributed by atoms with Gasteiger partial charge >= 0.3 is 6.18 Å². The number of amides is 1. The molecule has 1 aliphatic heterocycles. The third kappa shape index (κ3) is 5.12. The molecular weight excluding hydrogens is 461 g/mol. The van der Waals surface area contributed by atoms with E-state index in [0.717, 1.165) is 12.1 Å². The summed E-state index contributed by atoms with van der Waals surface area (Å²) in [6.07, 6.45) is -4.76. The summed E-state index contributed by atoms with van der Waals surface area (Å²) in [5, 5.41) is 2.02. The van der Waals surface area contributed by atoms with Crippen LogP contribution >= 0.6 is 11.6 Å². The van der Waals surface area contributed by atoms with Gasteiger partial charge in [0.15, 0.2) is 0 Å². The molecule has 0 saturated carbocycles. The minimum Gasteiger partial charge on any atom is -0.496 e. The fourth-order valence-corrected chi connectivity index (χ4v) is 4.62. The minimum atomic E-state index is -4.76. The summed E-state index contributed by atoms with van der Waals surface area (Å²) in [6, 6.07) is 6.52. The van der Waals surface area contributed by atoms with Crippen LogP contribution in [0.3, 0.4) is 0 Å². The third-order valence-corrected chi connectivity index (χ3v) is 6.69. The number of sulfonamides is 1. The van der Waals surface area contributed by atoms with E-state index < -0.39 is 33.4 Å². The molecule has 1 fully saturated rings. The van der Waals surface area contributed by atoms with Crippen molar-refractivity contribution in [1.29, 1.82) is 0 Å². The highest BCUT2D eigenvalue weighted by molar-refractivity contribution is 7.89. The lowest BCUT2D eigenvalue weighted by Gasteiger charge is -2.26. The number of nitrogens with zero attached hydrogens (tertiary/aromatic N) is 1. The van der Waals surface area contributed by atoms with Crippen molar-refractivity contribution in [1.82, 2.24) is 4.31 Å². The van der Waals surface area contributed by atoms with Crippen LogP contribution in [0.2, 0.25) is 5.02 Å². The first-order valence-corrected chi connectivity index (χ1v) is 10.8. The molecule has 0 unspecified atom stereocenters. The summed E-state index contributed by atoms with van der Waals surface area (Å²) in [5.74, 6) is -0.968. The van der Waals surface area contributed by atoms with Crippen molar-refractivity contribution in [2.45, 2.75) is 11.1 Å². The molecular formula is C19H18ClF3N2O5S. The monoisotopic (exact) mass is 478 g/mol. The number of methoxy groups -OCH3 is 1. The number of hydrogen-bond acceptors (Lipinski definition) is 5. The van der Waals surface area contributed by atoms with E-state index in [9.17, 15) is 26.4 Å². The van der Waals surface area contributed by atoms with E-state index >= 15 is 0 Å². The molecule has 168 valence electrons.